The standard InChI is InChI=1S/C21H32FN5O2.HI/c1-3-23-20(26-14-21(2,28)15-27-8-10-29-11-9-27)24-7-6-16-13-25-19-5-4-17(22)12-18(16)19;/h4-5,12-13,25,28H,3,6-11,14-15H2,1-2H3,(H2,23,24,26);1H. The molecule has 4 N–H and O–H groups in total. The monoisotopic (exact) mass is 533 g/mol. The van der Waals surface area contributed by atoms with Gasteiger partial charge < -0.3 is 25.5 Å². The van der Waals surface area contributed by atoms with Crippen molar-refractivity contribution in [3.63, 3.8) is 0 Å². The molecule has 0 bridgehead atoms. The fourth-order valence-electron chi connectivity index (χ4n) is 3.56. The summed E-state index contributed by atoms with van der Waals surface area (Å²) in [6.45, 7) is 9.17. The summed E-state index contributed by atoms with van der Waals surface area (Å²) in [7, 11) is 0. The molecule has 0 radical (unpaired) electrons. The summed E-state index contributed by atoms with van der Waals surface area (Å²) in [6, 6.07) is 4.77. The number of morpholine rings is 1. The predicted molar refractivity (Wildman–Crippen MR) is 129 cm³/mol. The molecule has 3 rings (SSSR count). The molecule has 1 atom stereocenters. The van der Waals surface area contributed by atoms with Gasteiger partial charge in [0.25, 0.3) is 0 Å². The predicted octanol–water partition coefficient (Wildman–Crippen LogP) is 2.11. The Morgan fingerprint density at radius 2 is 2.10 bits per heavy atom. The van der Waals surface area contributed by atoms with Crippen LogP contribution < -0.4 is 10.6 Å². The van der Waals surface area contributed by atoms with Crippen LogP contribution in [0.2, 0.25) is 0 Å². The Labute approximate surface area is 194 Å². The van der Waals surface area contributed by atoms with Crippen LogP contribution in [0.4, 0.5) is 4.39 Å². The first-order valence-electron chi connectivity index (χ1n) is 10.3. The third-order valence-electron chi connectivity index (χ3n) is 5.01. The molecule has 1 aromatic heterocycles. The van der Waals surface area contributed by atoms with Crippen molar-refractivity contribution in [2.75, 3.05) is 52.5 Å². The van der Waals surface area contributed by atoms with E-state index in [2.05, 4.69) is 25.5 Å². The molecule has 1 aliphatic rings. The van der Waals surface area contributed by atoms with Gasteiger partial charge in [0.15, 0.2) is 5.96 Å². The molecule has 7 nitrogen and oxygen atoms in total. The van der Waals surface area contributed by atoms with Gasteiger partial charge in [0, 0.05) is 49.8 Å². The number of aromatic amines is 1. The maximum Gasteiger partial charge on any atom is 0.191 e. The van der Waals surface area contributed by atoms with E-state index in [4.69, 9.17) is 4.74 Å². The lowest BCUT2D eigenvalue weighted by atomic mass is 10.1. The van der Waals surface area contributed by atoms with Gasteiger partial charge in [0.1, 0.15) is 5.82 Å². The van der Waals surface area contributed by atoms with Crippen molar-refractivity contribution in [2.24, 2.45) is 4.99 Å². The number of rotatable bonds is 8. The zero-order valence-corrected chi connectivity index (χ0v) is 20.0. The van der Waals surface area contributed by atoms with E-state index in [9.17, 15) is 9.50 Å². The number of hydrogen-bond acceptors (Lipinski definition) is 4. The normalized spacial score (nSPS) is 17.4. The van der Waals surface area contributed by atoms with Crippen LogP contribution >= 0.6 is 24.0 Å². The number of fused-ring (bicyclic) bond motifs is 1. The van der Waals surface area contributed by atoms with Gasteiger partial charge in [-0.2, -0.15) is 0 Å². The van der Waals surface area contributed by atoms with Crippen LogP contribution in [0.15, 0.2) is 29.4 Å². The number of ether oxygens (including phenoxy) is 1. The van der Waals surface area contributed by atoms with Gasteiger partial charge in [-0.05, 0) is 44.0 Å². The Kier molecular flexibility index (Phi) is 9.79. The highest BCUT2D eigenvalue weighted by atomic mass is 127. The van der Waals surface area contributed by atoms with Crippen LogP contribution in [0.3, 0.4) is 0 Å². The van der Waals surface area contributed by atoms with E-state index < -0.39 is 5.60 Å². The van der Waals surface area contributed by atoms with Crippen molar-refractivity contribution in [2.45, 2.75) is 25.9 Å². The zero-order valence-electron chi connectivity index (χ0n) is 17.7. The van der Waals surface area contributed by atoms with Gasteiger partial charge in [0.2, 0.25) is 0 Å². The number of aliphatic hydroxyl groups is 1. The number of benzene rings is 1. The molecule has 1 fully saturated rings. The molecule has 0 aliphatic carbocycles. The Balaban J connectivity index is 0.00000320. The topological polar surface area (TPSA) is 84.9 Å². The van der Waals surface area contributed by atoms with Crippen LogP contribution in [0.25, 0.3) is 10.9 Å². The Morgan fingerprint density at radius 1 is 1.33 bits per heavy atom. The average molecular weight is 533 g/mol. The minimum absolute atomic E-state index is 0. The highest BCUT2D eigenvalue weighted by Gasteiger charge is 2.25. The van der Waals surface area contributed by atoms with Crippen LogP contribution in [-0.2, 0) is 11.2 Å². The Bertz CT molecular complexity index is 821. The number of halogens is 2. The maximum absolute atomic E-state index is 13.5. The fraction of sp³-hybridized carbons (Fsp3) is 0.571. The van der Waals surface area contributed by atoms with Crippen molar-refractivity contribution in [3.05, 3.63) is 35.8 Å². The van der Waals surface area contributed by atoms with Crippen LogP contribution in [0.5, 0.6) is 0 Å². The molecule has 1 unspecified atom stereocenters. The van der Waals surface area contributed by atoms with E-state index >= 15 is 0 Å². The lowest BCUT2D eigenvalue weighted by Crippen LogP contribution is -2.48. The summed E-state index contributed by atoms with van der Waals surface area (Å²) in [4.78, 5) is 9.94. The molecule has 1 aliphatic heterocycles. The van der Waals surface area contributed by atoms with Crippen LogP contribution in [0.1, 0.15) is 19.4 Å². The minimum atomic E-state index is -0.909. The number of nitrogens with one attached hydrogen (secondary N) is 3. The van der Waals surface area contributed by atoms with Crippen LogP contribution in [0, 0.1) is 5.82 Å². The largest absolute Gasteiger partial charge is 0.387 e. The van der Waals surface area contributed by atoms with E-state index in [1.165, 1.54) is 6.07 Å². The number of β-amino-alcohol motifs (C(OH)–C–C–N with tert-alkyl or cyclic N) is 1. The van der Waals surface area contributed by atoms with Crippen molar-refractivity contribution in [1.29, 1.82) is 0 Å². The second kappa shape index (κ2) is 11.8. The number of hydrogen-bond donors (Lipinski definition) is 4. The van der Waals surface area contributed by atoms with E-state index in [-0.39, 0.29) is 29.8 Å². The minimum Gasteiger partial charge on any atom is -0.387 e. The number of aliphatic imine (C=N–C) groups is 1. The smallest absolute Gasteiger partial charge is 0.191 e. The highest BCUT2D eigenvalue weighted by Crippen LogP contribution is 2.19. The molecule has 2 aromatic rings. The van der Waals surface area contributed by atoms with Gasteiger partial charge in [-0.1, -0.05) is 0 Å². The van der Waals surface area contributed by atoms with E-state index in [1.54, 1.807) is 12.1 Å². The molecule has 0 spiro atoms. The van der Waals surface area contributed by atoms with Gasteiger partial charge in [-0.25, -0.2) is 4.39 Å². The highest BCUT2D eigenvalue weighted by molar-refractivity contribution is 14.0. The van der Waals surface area contributed by atoms with Gasteiger partial charge in [-0.3, -0.25) is 9.89 Å². The molecule has 1 saturated heterocycles. The van der Waals surface area contributed by atoms with Gasteiger partial charge in [-0.15, -0.1) is 24.0 Å². The first kappa shape index (κ1) is 24.8. The molecule has 0 saturated carbocycles. The second-order valence-electron chi connectivity index (χ2n) is 7.76. The summed E-state index contributed by atoms with van der Waals surface area (Å²) in [5.41, 5.74) is 1.08. The summed E-state index contributed by atoms with van der Waals surface area (Å²) in [5, 5.41) is 18.1. The Morgan fingerprint density at radius 3 is 2.83 bits per heavy atom. The van der Waals surface area contributed by atoms with Crippen molar-refractivity contribution >= 4 is 40.8 Å². The van der Waals surface area contributed by atoms with E-state index in [0.717, 1.165) is 42.5 Å². The van der Waals surface area contributed by atoms with Crippen molar-refractivity contribution in [1.82, 2.24) is 20.5 Å². The number of H-pyrrole nitrogens is 1. The van der Waals surface area contributed by atoms with E-state index in [0.29, 0.717) is 38.8 Å². The molecule has 9 heteroatoms. The third kappa shape index (κ3) is 7.36. The fourth-order valence-corrected chi connectivity index (χ4v) is 3.56. The summed E-state index contributed by atoms with van der Waals surface area (Å²) >= 11 is 0. The molecule has 168 valence electrons. The molecular formula is C21H33FIN5O2. The molecular weight excluding hydrogens is 500 g/mol. The lowest BCUT2D eigenvalue weighted by Gasteiger charge is -2.33. The number of aromatic nitrogens is 1. The summed E-state index contributed by atoms with van der Waals surface area (Å²) in [5.74, 6) is 0.435. The third-order valence-corrected chi connectivity index (χ3v) is 5.01. The number of guanidine groups is 1. The van der Waals surface area contributed by atoms with Gasteiger partial charge >= 0.3 is 0 Å². The second-order valence-corrected chi connectivity index (χ2v) is 7.76. The zero-order chi connectivity index (χ0) is 20.7. The van der Waals surface area contributed by atoms with E-state index in [1.807, 2.05) is 20.0 Å². The quantitative estimate of drug-likeness (QED) is 0.238. The van der Waals surface area contributed by atoms with Crippen molar-refractivity contribution in [3.8, 4) is 0 Å². The SMILES string of the molecule is CCNC(=NCC(C)(O)CN1CCOCC1)NCCc1c[nH]c2ccc(F)cc12.I. The number of nitrogens with zero attached hydrogens (tertiary/aromatic N) is 2. The average Bonchev–Trinajstić information content (AvgIpc) is 3.09. The lowest BCUT2D eigenvalue weighted by molar-refractivity contribution is -0.0179. The summed E-state index contributed by atoms with van der Waals surface area (Å²) in [6.07, 6.45) is 2.65. The van der Waals surface area contributed by atoms with Crippen molar-refractivity contribution < 1.29 is 14.2 Å². The molecule has 1 aromatic carbocycles. The first-order valence-corrected chi connectivity index (χ1v) is 10.3. The van der Waals surface area contributed by atoms with Crippen LogP contribution in [-0.4, -0.2) is 79.0 Å². The Hall–Kier alpha value is -1.43. The molecule has 30 heavy (non-hydrogen) atoms. The first-order chi connectivity index (χ1) is 14.0. The van der Waals surface area contributed by atoms with Gasteiger partial charge in [0.05, 0.1) is 25.4 Å². The molecule has 2 heterocycles. The summed E-state index contributed by atoms with van der Waals surface area (Å²) < 4.78 is 18.9. The maximum atomic E-state index is 13.5. The molecule has 0 amide bonds.